The van der Waals surface area contributed by atoms with Gasteiger partial charge >= 0.3 is 0 Å². The fourth-order valence-electron chi connectivity index (χ4n) is 2.66. The zero-order valence-electron chi connectivity index (χ0n) is 13.8. The van der Waals surface area contributed by atoms with E-state index >= 15 is 0 Å². The van der Waals surface area contributed by atoms with Crippen LogP contribution >= 0.6 is 0 Å². The zero-order chi connectivity index (χ0) is 16.7. The average molecular weight is 318 g/mol. The summed E-state index contributed by atoms with van der Waals surface area (Å²) in [5.41, 5.74) is 3.97. The summed E-state index contributed by atoms with van der Waals surface area (Å²) >= 11 is 0. The summed E-state index contributed by atoms with van der Waals surface area (Å²) < 4.78 is 0. The Morgan fingerprint density at radius 1 is 1.09 bits per heavy atom. The second kappa shape index (κ2) is 8.64. The van der Waals surface area contributed by atoms with E-state index in [1.807, 2.05) is 35.3 Å². The maximum atomic E-state index is 12.0. The van der Waals surface area contributed by atoms with Crippen LogP contribution < -0.4 is 16.1 Å². The van der Waals surface area contributed by atoms with Crippen LogP contribution in [0.2, 0.25) is 0 Å². The highest BCUT2D eigenvalue weighted by molar-refractivity contribution is 5.83. The van der Waals surface area contributed by atoms with E-state index in [0.717, 1.165) is 18.7 Å². The molecule has 0 aliphatic carbocycles. The van der Waals surface area contributed by atoms with Gasteiger partial charge in [-0.15, -0.1) is 0 Å². The minimum Gasteiger partial charge on any atom is -0.352 e. The van der Waals surface area contributed by atoms with Crippen LogP contribution in [0.25, 0.3) is 0 Å². The molecular formula is C17H26N4O2. The first-order valence-electron chi connectivity index (χ1n) is 8.15. The smallest absolute Gasteiger partial charge is 0.234 e. The topological polar surface area (TPSA) is 73.5 Å². The Bertz CT molecular complexity index is 511. The van der Waals surface area contributed by atoms with Gasteiger partial charge in [-0.2, -0.15) is 0 Å². The van der Waals surface area contributed by atoms with E-state index in [0.29, 0.717) is 6.54 Å². The SMILES string of the molecule is CC1CNCC(C)N1NC(=O)CCC(=O)NCc1ccccc1. The summed E-state index contributed by atoms with van der Waals surface area (Å²) in [7, 11) is 0. The van der Waals surface area contributed by atoms with Gasteiger partial charge in [-0.25, -0.2) is 5.01 Å². The molecule has 1 fully saturated rings. The summed E-state index contributed by atoms with van der Waals surface area (Å²) in [6, 6.07) is 10.2. The number of nitrogens with one attached hydrogen (secondary N) is 3. The molecule has 2 atom stereocenters. The number of amides is 2. The van der Waals surface area contributed by atoms with E-state index in [4.69, 9.17) is 0 Å². The number of piperazine rings is 1. The van der Waals surface area contributed by atoms with Crippen molar-refractivity contribution in [1.82, 2.24) is 21.1 Å². The van der Waals surface area contributed by atoms with Crippen LogP contribution in [0, 0.1) is 0 Å². The lowest BCUT2D eigenvalue weighted by Crippen LogP contribution is -2.61. The van der Waals surface area contributed by atoms with Crippen molar-refractivity contribution in [2.45, 2.75) is 45.3 Å². The van der Waals surface area contributed by atoms with E-state index < -0.39 is 0 Å². The molecule has 1 aromatic rings. The van der Waals surface area contributed by atoms with Crippen molar-refractivity contribution in [3.8, 4) is 0 Å². The maximum absolute atomic E-state index is 12.0. The summed E-state index contributed by atoms with van der Waals surface area (Å²) in [5.74, 6) is -0.217. The molecular weight excluding hydrogens is 292 g/mol. The minimum absolute atomic E-state index is 0.106. The van der Waals surface area contributed by atoms with Gasteiger partial charge in [0.1, 0.15) is 0 Å². The van der Waals surface area contributed by atoms with Gasteiger partial charge in [0.25, 0.3) is 0 Å². The molecule has 1 aromatic carbocycles. The molecule has 0 radical (unpaired) electrons. The second-order valence-electron chi connectivity index (χ2n) is 6.06. The second-order valence-corrected chi connectivity index (χ2v) is 6.06. The van der Waals surface area contributed by atoms with Crippen LogP contribution in [0.3, 0.4) is 0 Å². The van der Waals surface area contributed by atoms with Gasteiger partial charge in [-0.1, -0.05) is 30.3 Å². The Kier molecular flexibility index (Phi) is 6.55. The van der Waals surface area contributed by atoms with Crippen LogP contribution in [0.1, 0.15) is 32.3 Å². The zero-order valence-corrected chi connectivity index (χ0v) is 13.8. The Morgan fingerprint density at radius 3 is 2.35 bits per heavy atom. The molecule has 1 aliphatic rings. The van der Waals surface area contributed by atoms with E-state index in [2.05, 4.69) is 29.9 Å². The number of benzene rings is 1. The normalized spacial score (nSPS) is 21.7. The highest BCUT2D eigenvalue weighted by Crippen LogP contribution is 2.06. The van der Waals surface area contributed by atoms with Crippen LogP contribution in [-0.2, 0) is 16.1 Å². The van der Waals surface area contributed by atoms with Crippen molar-refractivity contribution < 1.29 is 9.59 Å². The van der Waals surface area contributed by atoms with E-state index in [1.165, 1.54) is 0 Å². The fraction of sp³-hybridized carbons (Fsp3) is 0.529. The molecule has 0 saturated carbocycles. The van der Waals surface area contributed by atoms with Crippen LogP contribution in [-0.4, -0.2) is 42.0 Å². The molecule has 2 unspecified atom stereocenters. The standard InChI is InChI=1S/C17H26N4O2/c1-13-10-18-11-14(2)21(13)20-17(23)9-8-16(22)19-12-15-6-4-3-5-7-15/h3-7,13-14,18H,8-12H2,1-2H3,(H,19,22)(H,20,23). The Hall–Kier alpha value is -1.92. The molecule has 6 heteroatoms. The number of hydrogen-bond acceptors (Lipinski definition) is 4. The first kappa shape index (κ1) is 17.4. The van der Waals surface area contributed by atoms with Crippen molar-refractivity contribution in [1.29, 1.82) is 0 Å². The molecule has 1 saturated heterocycles. The van der Waals surface area contributed by atoms with Crippen molar-refractivity contribution in [2.75, 3.05) is 13.1 Å². The van der Waals surface area contributed by atoms with Crippen molar-refractivity contribution in [2.24, 2.45) is 0 Å². The predicted octanol–water partition coefficient (Wildman–Crippen LogP) is 0.796. The largest absolute Gasteiger partial charge is 0.352 e. The third kappa shape index (κ3) is 5.65. The highest BCUT2D eigenvalue weighted by Gasteiger charge is 2.25. The third-order valence-electron chi connectivity index (χ3n) is 3.99. The van der Waals surface area contributed by atoms with Crippen molar-refractivity contribution >= 4 is 11.8 Å². The predicted molar refractivity (Wildman–Crippen MR) is 89.3 cm³/mol. The number of hydrazine groups is 1. The summed E-state index contributed by atoms with van der Waals surface area (Å²) in [6.07, 6.45) is 0.400. The molecule has 2 rings (SSSR count). The van der Waals surface area contributed by atoms with E-state index in [1.54, 1.807) is 0 Å². The van der Waals surface area contributed by atoms with Gasteiger partial charge < -0.3 is 10.6 Å². The molecule has 1 aliphatic heterocycles. The number of carbonyl (C=O) groups excluding carboxylic acids is 2. The quantitative estimate of drug-likeness (QED) is 0.725. The fourth-order valence-corrected chi connectivity index (χ4v) is 2.66. The molecule has 6 nitrogen and oxygen atoms in total. The van der Waals surface area contributed by atoms with E-state index in [-0.39, 0.29) is 36.7 Å². The monoisotopic (exact) mass is 318 g/mol. The Morgan fingerprint density at radius 2 is 1.70 bits per heavy atom. The van der Waals surface area contributed by atoms with E-state index in [9.17, 15) is 9.59 Å². The summed E-state index contributed by atoms with van der Waals surface area (Å²) in [4.78, 5) is 23.9. The van der Waals surface area contributed by atoms with Crippen molar-refractivity contribution in [3.05, 3.63) is 35.9 Å². The Balaban J connectivity index is 1.68. The lowest BCUT2D eigenvalue weighted by Gasteiger charge is -2.39. The molecule has 2 amide bonds. The number of nitrogens with zero attached hydrogens (tertiary/aromatic N) is 1. The molecule has 3 N–H and O–H groups in total. The number of carbonyl (C=O) groups is 2. The van der Waals surface area contributed by atoms with Gasteiger partial charge in [-0.3, -0.25) is 15.0 Å². The molecule has 126 valence electrons. The van der Waals surface area contributed by atoms with Crippen molar-refractivity contribution in [3.63, 3.8) is 0 Å². The molecule has 0 spiro atoms. The molecule has 23 heavy (non-hydrogen) atoms. The van der Waals surface area contributed by atoms with Gasteiger partial charge in [-0.05, 0) is 19.4 Å². The average Bonchev–Trinajstić information content (AvgIpc) is 2.55. The van der Waals surface area contributed by atoms with Gasteiger partial charge in [0.15, 0.2) is 0 Å². The first-order chi connectivity index (χ1) is 11.1. The summed E-state index contributed by atoms with van der Waals surface area (Å²) in [5, 5.41) is 8.12. The van der Waals surface area contributed by atoms with Crippen LogP contribution in [0.15, 0.2) is 30.3 Å². The maximum Gasteiger partial charge on any atom is 0.234 e. The highest BCUT2D eigenvalue weighted by atomic mass is 16.2. The molecule has 0 bridgehead atoms. The molecule has 0 aromatic heterocycles. The van der Waals surface area contributed by atoms with Gasteiger partial charge in [0.2, 0.25) is 11.8 Å². The minimum atomic E-state index is -0.111. The molecule has 1 heterocycles. The van der Waals surface area contributed by atoms with Gasteiger partial charge in [0, 0.05) is 44.6 Å². The summed E-state index contributed by atoms with van der Waals surface area (Å²) in [6.45, 7) is 6.32. The third-order valence-corrected chi connectivity index (χ3v) is 3.99. The van der Waals surface area contributed by atoms with Crippen LogP contribution in [0.5, 0.6) is 0 Å². The lowest BCUT2D eigenvalue weighted by atomic mass is 10.2. The first-order valence-corrected chi connectivity index (χ1v) is 8.15. The van der Waals surface area contributed by atoms with Crippen LogP contribution in [0.4, 0.5) is 0 Å². The number of rotatable bonds is 6. The Labute approximate surface area is 137 Å². The van der Waals surface area contributed by atoms with Gasteiger partial charge in [0.05, 0.1) is 0 Å². The lowest BCUT2D eigenvalue weighted by molar-refractivity contribution is -0.131. The number of hydrogen-bond donors (Lipinski definition) is 3.